The standard InChI is InChI=1S/C11H8ClNO/c12-6-11(14)10-3-1-2-8-7-13-5-4-9(8)10/h1-5,7H,6H2. The highest BCUT2D eigenvalue weighted by atomic mass is 35.5. The van der Waals surface area contributed by atoms with Gasteiger partial charge in [-0.3, -0.25) is 9.78 Å². The summed E-state index contributed by atoms with van der Waals surface area (Å²) in [5.74, 6) is -0.0370. The van der Waals surface area contributed by atoms with Crippen molar-refractivity contribution < 1.29 is 4.79 Å². The zero-order valence-corrected chi connectivity index (χ0v) is 8.16. The first-order chi connectivity index (χ1) is 6.83. The number of hydrogen-bond acceptors (Lipinski definition) is 2. The van der Waals surface area contributed by atoms with Gasteiger partial charge in [0.2, 0.25) is 0 Å². The molecule has 3 heteroatoms. The van der Waals surface area contributed by atoms with Crippen molar-refractivity contribution in [3.63, 3.8) is 0 Å². The molecule has 0 radical (unpaired) electrons. The highest BCUT2D eigenvalue weighted by molar-refractivity contribution is 6.31. The second-order valence-electron chi connectivity index (χ2n) is 2.96. The van der Waals surface area contributed by atoms with Crippen LogP contribution in [0.3, 0.4) is 0 Å². The van der Waals surface area contributed by atoms with Crippen LogP contribution in [0.25, 0.3) is 10.8 Å². The molecule has 0 atom stereocenters. The predicted octanol–water partition coefficient (Wildman–Crippen LogP) is 2.66. The lowest BCUT2D eigenvalue weighted by atomic mass is 10.0. The van der Waals surface area contributed by atoms with Gasteiger partial charge in [-0.25, -0.2) is 0 Å². The summed E-state index contributed by atoms with van der Waals surface area (Å²) in [5.41, 5.74) is 0.667. The van der Waals surface area contributed by atoms with Crippen molar-refractivity contribution in [3.05, 3.63) is 42.2 Å². The van der Waals surface area contributed by atoms with Gasteiger partial charge in [0.15, 0.2) is 5.78 Å². The monoisotopic (exact) mass is 205 g/mol. The number of pyridine rings is 1. The molecule has 0 spiro atoms. The Kier molecular flexibility index (Phi) is 2.46. The lowest BCUT2D eigenvalue weighted by molar-refractivity contribution is 0.102. The second kappa shape index (κ2) is 3.76. The minimum Gasteiger partial charge on any atom is -0.293 e. The van der Waals surface area contributed by atoms with Gasteiger partial charge >= 0.3 is 0 Å². The fourth-order valence-corrected chi connectivity index (χ4v) is 1.58. The number of benzene rings is 1. The molecular formula is C11H8ClNO. The van der Waals surface area contributed by atoms with Gasteiger partial charge in [-0.15, -0.1) is 11.6 Å². The molecule has 1 aromatic carbocycles. The zero-order chi connectivity index (χ0) is 9.97. The third-order valence-electron chi connectivity index (χ3n) is 2.10. The number of fused-ring (bicyclic) bond motifs is 1. The van der Waals surface area contributed by atoms with E-state index in [0.717, 1.165) is 10.8 Å². The molecule has 0 amide bonds. The van der Waals surface area contributed by atoms with Crippen LogP contribution in [0.5, 0.6) is 0 Å². The molecule has 0 N–H and O–H groups in total. The lowest BCUT2D eigenvalue weighted by Gasteiger charge is -2.02. The number of carbonyl (C=O) groups excluding carboxylic acids is 1. The van der Waals surface area contributed by atoms with E-state index in [1.807, 2.05) is 18.2 Å². The first-order valence-electron chi connectivity index (χ1n) is 4.25. The summed E-state index contributed by atoms with van der Waals surface area (Å²) in [7, 11) is 0. The quantitative estimate of drug-likeness (QED) is 0.557. The number of hydrogen-bond donors (Lipinski definition) is 0. The maximum atomic E-state index is 11.5. The largest absolute Gasteiger partial charge is 0.293 e. The van der Waals surface area contributed by atoms with E-state index in [2.05, 4.69) is 4.98 Å². The van der Waals surface area contributed by atoms with Crippen LogP contribution in [0, 0.1) is 0 Å². The molecule has 14 heavy (non-hydrogen) atoms. The summed E-state index contributed by atoms with van der Waals surface area (Å²) in [6.07, 6.45) is 3.41. The van der Waals surface area contributed by atoms with Crippen molar-refractivity contribution in [2.75, 3.05) is 5.88 Å². The Hall–Kier alpha value is -1.41. The maximum Gasteiger partial charge on any atom is 0.178 e. The van der Waals surface area contributed by atoms with Gasteiger partial charge in [0, 0.05) is 23.3 Å². The van der Waals surface area contributed by atoms with Crippen LogP contribution in [0.15, 0.2) is 36.7 Å². The molecule has 0 aliphatic heterocycles. The molecular weight excluding hydrogens is 198 g/mol. The summed E-state index contributed by atoms with van der Waals surface area (Å²) in [4.78, 5) is 15.5. The zero-order valence-electron chi connectivity index (χ0n) is 7.40. The third kappa shape index (κ3) is 1.49. The molecule has 0 bridgehead atoms. The number of carbonyl (C=O) groups is 1. The van der Waals surface area contributed by atoms with Crippen molar-refractivity contribution in [3.8, 4) is 0 Å². The van der Waals surface area contributed by atoms with Crippen LogP contribution in [0.1, 0.15) is 10.4 Å². The molecule has 2 nitrogen and oxygen atoms in total. The summed E-state index contributed by atoms with van der Waals surface area (Å²) in [5, 5.41) is 1.87. The lowest BCUT2D eigenvalue weighted by Crippen LogP contribution is -2.00. The SMILES string of the molecule is O=C(CCl)c1cccc2cnccc12. The normalized spacial score (nSPS) is 10.4. The highest BCUT2D eigenvalue weighted by Crippen LogP contribution is 2.18. The van der Waals surface area contributed by atoms with Crippen molar-refractivity contribution in [2.45, 2.75) is 0 Å². The van der Waals surface area contributed by atoms with Crippen molar-refractivity contribution in [2.24, 2.45) is 0 Å². The average Bonchev–Trinajstić information content (AvgIpc) is 2.27. The van der Waals surface area contributed by atoms with Crippen LogP contribution < -0.4 is 0 Å². The number of nitrogens with zero attached hydrogens (tertiary/aromatic N) is 1. The number of Topliss-reactive ketones (excluding diaryl/α,β-unsaturated/α-hetero) is 1. The molecule has 0 saturated heterocycles. The van der Waals surface area contributed by atoms with Crippen LogP contribution in [-0.2, 0) is 0 Å². The minimum atomic E-state index is -0.0523. The fraction of sp³-hybridized carbons (Fsp3) is 0.0909. The summed E-state index contributed by atoms with van der Waals surface area (Å²) < 4.78 is 0. The number of rotatable bonds is 2. The van der Waals surface area contributed by atoms with Gasteiger partial charge in [0.05, 0.1) is 5.88 Å². The Balaban J connectivity index is 2.71. The van der Waals surface area contributed by atoms with Gasteiger partial charge < -0.3 is 0 Å². The van der Waals surface area contributed by atoms with Gasteiger partial charge in [-0.1, -0.05) is 18.2 Å². The fourth-order valence-electron chi connectivity index (χ4n) is 1.44. The molecule has 1 heterocycles. The van der Waals surface area contributed by atoms with Crippen molar-refractivity contribution in [1.29, 1.82) is 0 Å². The number of halogens is 1. The van der Waals surface area contributed by atoms with Gasteiger partial charge in [0.1, 0.15) is 0 Å². The smallest absolute Gasteiger partial charge is 0.178 e. The topological polar surface area (TPSA) is 30.0 Å². The minimum absolute atomic E-state index is 0.0153. The van der Waals surface area contributed by atoms with Crippen molar-refractivity contribution in [1.82, 2.24) is 4.98 Å². The Morgan fingerprint density at radius 1 is 1.36 bits per heavy atom. The number of aromatic nitrogens is 1. The van der Waals surface area contributed by atoms with Crippen LogP contribution in [0.4, 0.5) is 0 Å². The highest BCUT2D eigenvalue weighted by Gasteiger charge is 2.07. The predicted molar refractivity (Wildman–Crippen MR) is 56.8 cm³/mol. The van der Waals surface area contributed by atoms with Crippen LogP contribution in [0.2, 0.25) is 0 Å². The molecule has 0 fully saturated rings. The molecule has 0 aliphatic carbocycles. The molecule has 0 saturated carbocycles. The molecule has 70 valence electrons. The van der Waals surface area contributed by atoms with E-state index in [1.54, 1.807) is 18.5 Å². The first-order valence-corrected chi connectivity index (χ1v) is 4.78. The Bertz CT molecular complexity index is 476. The Morgan fingerprint density at radius 3 is 3.00 bits per heavy atom. The van der Waals surface area contributed by atoms with Crippen molar-refractivity contribution >= 4 is 28.2 Å². The first kappa shape index (κ1) is 9.16. The summed E-state index contributed by atoms with van der Waals surface area (Å²) >= 11 is 5.52. The van der Waals surface area contributed by atoms with Gasteiger partial charge in [-0.05, 0) is 11.5 Å². The van der Waals surface area contributed by atoms with E-state index < -0.39 is 0 Å². The molecule has 2 aromatic rings. The van der Waals surface area contributed by atoms with Crippen LogP contribution in [-0.4, -0.2) is 16.6 Å². The Morgan fingerprint density at radius 2 is 2.21 bits per heavy atom. The Labute approximate surface area is 86.5 Å². The third-order valence-corrected chi connectivity index (χ3v) is 2.35. The summed E-state index contributed by atoms with van der Waals surface area (Å²) in [6, 6.07) is 7.37. The molecule has 0 aliphatic rings. The molecule has 1 aromatic heterocycles. The molecule has 0 unspecified atom stereocenters. The number of alkyl halides is 1. The van der Waals surface area contributed by atoms with E-state index in [9.17, 15) is 4.79 Å². The van der Waals surface area contributed by atoms with E-state index in [-0.39, 0.29) is 11.7 Å². The van der Waals surface area contributed by atoms with E-state index in [4.69, 9.17) is 11.6 Å². The van der Waals surface area contributed by atoms with Gasteiger partial charge in [0.25, 0.3) is 0 Å². The van der Waals surface area contributed by atoms with Gasteiger partial charge in [-0.2, -0.15) is 0 Å². The summed E-state index contributed by atoms with van der Waals surface area (Å²) in [6.45, 7) is 0. The second-order valence-corrected chi connectivity index (χ2v) is 3.23. The van der Waals surface area contributed by atoms with E-state index in [1.165, 1.54) is 0 Å². The average molecular weight is 206 g/mol. The van der Waals surface area contributed by atoms with Crippen LogP contribution >= 0.6 is 11.6 Å². The maximum absolute atomic E-state index is 11.5. The number of ketones is 1. The molecule has 2 rings (SSSR count). The van der Waals surface area contributed by atoms with E-state index in [0.29, 0.717) is 5.56 Å². The van der Waals surface area contributed by atoms with E-state index >= 15 is 0 Å².